The van der Waals surface area contributed by atoms with E-state index in [0.717, 1.165) is 12.8 Å². The summed E-state index contributed by atoms with van der Waals surface area (Å²) in [5.41, 5.74) is 11.4. The number of nitrogen functional groups attached to an aromatic ring is 1. The highest BCUT2D eigenvalue weighted by molar-refractivity contribution is 8.00. The van der Waals surface area contributed by atoms with E-state index in [1.807, 2.05) is 0 Å². The number of anilines is 1. The number of hydrogen-bond acceptors (Lipinski definition) is 5. The molecule has 1 aromatic heterocycles. The monoisotopic (exact) mass is 266 g/mol. The van der Waals surface area contributed by atoms with Gasteiger partial charge in [0.25, 0.3) is 5.91 Å². The van der Waals surface area contributed by atoms with Crippen LogP contribution >= 0.6 is 11.8 Å². The summed E-state index contributed by atoms with van der Waals surface area (Å²) in [4.78, 5) is 26.8. The van der Waals surface area contributed by atoms with Crippen molar-refractivity contribution in [2.75, 3.05) is 11.5 Å². The Morgan fingerprint density at radius 1 is 1.50 bits per heavy atom. The molecule has 18 heavy (non-hydrogen) atoms. The molecule has 0 saturated heterocycles. The van der Waals surface area contributed by atoms with E-state index in [1.165, 1.54) is 24.0 Å². The fourth-order valence-corrected chi connectivity index (χ4v) is 2.18. The summed E-state index contributed by atoms with van der Waals surface area (Å²) in [5.74, 6) is -0.440. The highest BCUT2D eigenvalue weighted by Gasteiger charge is 2.23. The standard InChI is InChI=1S/C11H14N4O2S/c12-6-3-8(10(13)17)11(14-4-6)18-5-9(16)15-7-1-2-7/h3-4,7H,1-2,5,12H2,(H2,13,17)(H,15,16). The topological polar surface area (TPSA) is 111 Å². The number of hydrogen-bond donors (Lipinski definition) is 3. The van der Waals surface area contributed by atoms with Gasteiger partial charge in [-0.2, -0.15) is 0 Å². The second-order valence-electron chi connectivity index (χ2n) is 4.12. The maximum absolute atomic E-state index is 11.5. The summed E-state index contributed by atoms with van der Waals surface area (Å²) in [6, 6.07) is 1.80. The molecule has 0 aliphatic heterocycles. The van der Waals surface area contributed by atoms with Gasteiger partial charge in [0.15, 0.2) is 0 Å². The number of carbonyl (C=O) groups is 2. The Labute approximate surface area is 109 Å². The van der Waals surface area contributed by atoms with Crippen LogP contribution in [0.5, 0.6) is 0 Å². The van der Waals surface area contributed by atoms with Gasteiger partial charge in [0.2, 0.25) is 5.91 Å². The molecule has 1 saturated carbocycles. The van der Waals surface area contributed by atoms with E-state index < -0.39 is 5.91 Å². The number of primary amides is 1. The summed E-state index contributed by atoms with van der Waals surface area (Å²) in [7, 11) is 0. The third-order valence-corrected chi connectivity index (χ3v) is 3.43. The molecular formula is C11H14N4O2S. The minimum Gasteiger partial charge on any atom is -0.397 e. The minimum atomic E-state index is -0.597. The second-order valence-corrected chi connectivity index (χ2v) is 5.08. The highest BCUT2D eigenvalue weighted by Crippen LogP contribution is 2.23. The van der Waals surface area contributed by atoms with Crippen LogP contribution in [0.3, 0.4) is 0 Å². The molecule has 0 bridgehead atoms. The number of aromatic nitrogens is 1. The van der Waals surface area contributed by atoms with E-state index in [0.29, 0.717) is 16.8 Å². The smallest absolute Gasteiger partial charge is 0.251 e. The number of amides is 2. The SMILES string of the molecule is NC(=O)c1cc(N)cnc1SCC(=O)NC1CC1. The molecule has 1 aliphatic carbocycles. The minimum absolute atomic E-state index is 0.0588. The van der Waals surface area contributed by atoms with Crippen molar-refractivity contribution in [2.45, 2.75) is 23.9 Å². The Morgan fingerprint density at radius 3 is 2.83 bits per heavy atom. The van der Waals surface area contributed by atoms with Gasteiger partial charge in [-0.05, 0) is 18.9 Å². The van der Waals surface area contributed by atoms with Gasteiger partial charge in [0.1, 0.15) is 5.03 Å². The molecule has 0 atom stereocenters. The van der Waals surface area contributed by atoms with E-state index in [-0.39, 0.29) is 17.2 Å². The summed E-state index contributed by atoms with van der Waals surface area (Å²) in [5, 5.41) is 3.29. The first-order valence-electron chi connectivity index (χ1n) is 5.53. The van der Waals surface area contributed by atoms with Gasteiger partial charge >= 0.3 is 0 Å². The summed E-state index contributed by atoms with van der Waals surface area (Å²) in [6.45, 7) is 0. The Balaban J connectivity index is 1.99. The lowest BCUT2D eigenvalue weighted by atomic mass is 10.2. The Bertz CT molecular complexity index is 488. The third-order valence-electron chi connectivity index (χ3n) is 2.42. The van der Waals surface area contributed by atoms with E-state index in [4.69, 9.17) is 11.5 Å². The van der Waals surface area contributed by atoms with Crippen molar-refractivity contribution in [1.29, 1.82) is 0 Å². The number of nitrogens with zero attached hydrogens (tertiary/aromatic N) is 1. The molecule has 1 aliphatic rings. The fraction of sp³-hybridized carbons (Fsp3) is 0.364. The number of carbonyl (C=O) groups excluding carboxylic acids is 2. The molecule has 1 fully saturated rings. The van der Waals surface area contributed by atoms with E-state index in [2.05, 4.69) is 10.3 Å². The number of pyridine rings is 1. The zero-order valence-electron chi connectivity index (χ0n) is 9.68. The Hall–Kier alpha value is -1.76. The largest absolute Gasteiger partial charge is 0.397 e. The van der Waals surface area contributed by atoms with Gasteiger partial charge in [0.05, 0.1) is 23.2 Å². The normalized spacial score (nSPS) is 14.2. The second kappa shape index (κ2) is 5.26. The summed E-state index contributed by atoms with van der Waals surface area (Å²) in [6.07, 6.45) is 3.53. The van der Waals surface area contributed by atoms with Crippen molar-refractivity contribution < 1.29 is 9.59 Å². The van der Waals surface area contributed by atoms with Crippen molar-refractivity contribution >= 4 is 29.3 Å². The molecule has 5 N–H and O–H groups in total. The maximum Gasteiger partial charge on any atom is 0.251 e. The van der Waals surface area contributed by atoms with E-state index >= 15 is 0 Å². The summed E-state index contributed by atoms with van der Waals surface area (Å²) >= 11 is 1.18. The fourth-order valence-electron chi connectivity index (χ4n) is 1.39. The molecule has 0 spiro atoms. The molecule has 2 amide bonds. The van der Waals surface area contributed by atoms with Crippen LogP contribution in [0.1, 0.15) is 23.2 Å². The van der Waals surface area contributed by atoms with Gasteiger partial charge in [0, 0.05) is 6.04 Å². The molecule has 6 nitrogen and oxygen atoms in total. The molecule has 7 heteroatoms. The van der Waals surface area contributed by atoms with Crippen LogP contribution in [-0.2, 0) is 4.79 Å². The quantitative estimate of drug-likeness (QED) is 0.656. The van der Waals surface area contributed by atoms with Gasteiger partial charge in [-0.15, -0.1) is 0 Å². The zero-order chi connectivity index (χ0) is 13.1. The third kappa shape index (κ3) is 3.36. The Morgan fingerprint density at radius 2 is 2.22 bits per heavy atom. The van der Waals surface area contributed by atoms with Crippen molar-refractivity contribution in [3.8, 4) is 0 Å². The molecule has 0 unspecified atom stereocenters. The average Bonchev–Trinajstić information content (AvgIpc) is 3.11. The predicted octanol–water partition coefficient (Wildman–Crippen LogP) is 0.133. The highest BCUT2D eigenvalue weighted by atomic mass is 32.2. The first-order chi connectivity index (χ1) is 8.56. The molecule has 1 aromatic rings. The number of nitrogens with one attached hydrogen (secondary N) is 1. The average molecular weight is 266 g/mol. The predicted molar refractivity (Wildman–Crippen MR) is 69.1 cm³/mol. The number of rotatable bonds is 5. The van der Waals surface area contributed by atoms with Crippen molar-refractivity contribution in [3.63, 3.8) is 0 Å². The molecule has 1 heterocycles. The van der Waals surface area contributed by atoms with Gasteiger partial charge in [-0.3, -0.25) is 9.59 Å². The number of thioether (sulfide) groups is 1. The van der Waals surface area contributed by atoms with Crippen LogP contribution in [0, 0.1) is 0 Å². The zero-order valence-corrected chi connectivity index (χ0v) is 10.5. The van der Waals surface area contributed by atoms with E-state index in [1.54, 1.807) is 0 Å². The molecule has 2 rings (SSSR count). The molecule has 0 radical (unpaired) electrons. The van der Waals surface area contributed by atoms with Crippen molar-refractivity contribution in [3.05, 3.63) is 17.8 Å². The lowest BCUT2D eigenvalue weighted by Crippen LogP contribution is -2.27. The molecule has 0 aromatic carbocycles. The van der Waals surface area contributed by atoms with Crippen LogP contribution in [0.25, 0.3) is 0 Å². The lowest BCUT2D eigenvalue weighted by molar-refractivity contribution is -0.118. The first kappa shape index (κ1) is 12.7. The number of nitrogens with two attached hydrogens (primary N) is 2. The van der Waals surface area contributed by atoms with Crippen LogP contribution in [-0.4, -0.2) is 28.6 Å². The van der Waals surface area contributed by atoms with Gasteiger partial charge in [-0.1, -0.05) is 11.8 Å². The van der Waals surface area contributed by atoms with Crippen molar-refractivity contribution in [1.82, 2.24) is 10.3 Å². The van der Waals surface area contributed by atoms with Gasteiger partial charge in [-0.25, -0.2) is 4.98 Å². The van der Waals surface area contributed by atoms with Gasteiger partial charge < -0.3 is 16.8 Å². The summed E-state index contributed by atoms with van der Waals surface area (Å²) < 4.78 is 0. The lowest BCUT2D eigenvalue weighted by Gasteiger charge is -2.06. The molecule has 96 valence electrons. The van der Waals surface area contributed by atoms with Crippen LogP contribution in [0.4, 0.5) is 5.69 Å². The maximum atomic E-state index is 11.5. The molecular weight excluding hydrogens is 252 g/mol. The van der Waals surface area contributed by atoms with Crippen LogP contribution in [0.2, 0.25) is 0 Å². The first-order valence-corrected chi connectivity index (χ1v) is 6.52. The van der Waals surface area contributed by atoms with Crippen LogP contribution < -0.4 is 16.8 Å². The van der Waals surface area contributed by atoms with E-state index in [9.17, 15) is 9.59 Å². The Kier molecular flexibility index (Phi) is 3.71. The van der Waals surface area contributed by atoms with Crippen molar-refractivity contribution in [2.24, 2.45) is 5.73 Å². The van der Waals surface area contributed by atoms with Crippen LogP contribution in [0.15, 0.2) is 17.3 Å².